The van der Waals surface area contributed by atoms with E-state index >= 15 is 0 Å². The Balaban J connectivity index is 1.85. The molecule has 1 N–H and O–H groups in total. The third-order valence-corrected chi connectivity index (χ3v) is 4.48. The highest BCUT2D eigenvalue weighted by atomic mass is 79.9. The van der Waals surface area contributed by atoms with E-state index in [0.29, 0.717) is 5.69 Å². The number of benzene rings is 1. The average molecular weight is 476 g/mol. The predicted molar refractivity (Wildman–Crippen MR) is 97.0 cm³/mol. The van der Waals surface area contributed by atoms with Crippen molar-refractivity contribution in [3.63, 3.8) is 0 Å². The van der Waals surface area contributed by atoms with Gasteiger partial charge in [-0.1, -0.05) is 5.16 Å². The van der Waals surface area contributed by atoms with Gasteiger partial charge in [0, 0.05) is 6.54 Å². The van der Waals surface area contributed by atoms with Crippen LogP contribution in [0.5, 0.6) is 0 Å². The lowest BCUT2D eigenvalue weighted by Gasteiger charge is -2.16. The van der Waals surface area contributed by atoms with Crippen molar-refractivity contribution in [3.8, 4) is 0 Å². The van der Waals surface area contributed by atoms with Crippen molar-refractivity contribution in [2.24, 2.45) is 5.16 Å². The van der Waals surface area contributed by atoms with Gasteiger partial charge in [-0.05, 0) is 44.4 Å². The van der Waals surface area contributed by atoms with E-state index in [4.69, 9.17) is 9.47 Å². The summed E-state index contributed by atoms with van der Waals surface area (Å²) in [6.45, 7) is -0.108. The molecule has 0 bridgehead atoms. The number of anilines is 2. The fourth-order valence-electron chi connectivity index (χ4n) is 2.16. The highest BCUT2D eigenvalue weighted by molar-refractivity contribution is 9.10. The van der Waals surface area contributed by atoms with Crippen LogP contribution in [0.15, 0.2) is 38.3 Å². The number of carbonyl (C=O) groups excluding carboxylic acids is 1. The molecule has 148 valence electrons. The Morgan fingerprint density at radius 3 is 2.86 bits per heavy atom. The lowest BCUT2D eigenvalue weighted by atomic mass is 10.2. The zero-order valence-corrected chi connectivity index (χ0v) is 16.5. The van der Waals surface area contributed by atoms with Gasteiger partial charge in [0.1, 0.15) is 5.82 Å². The molecule has 2 aromatic rings. The Kier molecular flexibility index (Phi) is 5.74. The van der Waals surface area contributed by atoms with Crippen LogP contribution in [0, 0.1) is 5.82 Å². The minimum Gasteiger partial charge on any atom is -0.363 e. The van der Waals surface area contributed by atoms with Crippen molar-refractivity contribution in [2.75, 3.05) is 29.6 Å². The van der Waals surface area contributed by atoms with E-state index in [1.165, 1.54) is 23.1 Å². The molecule has 0 spiro atoms. The summed E-state index contributed by atoms with van der Waals surface area (Å²) < 4.78 is 45.0. The van der Waals surface area contributed by atoms with Crippen LogP contribution < -0.4 is 10.2 Å². The zero-order chi connectivity index (χ0) is 20.3. The maximum Gasteiger partial charge on any atom is 0.320 e. The van der Waals surface area contributed by atoms with Crippen molar-refractivity contribution >= 4 is 49.3 Å². The lowest BCUT2D eigenvalue weighted by Crippen LogP contribution is -2.28. The number of rotatable bonds is 7. The van der Waals surface area contributed by atoms with E-state index < -0.39 is 15.9 Å². The van der Waals surface area contributed by atoms with Gasteiger partial charge in [0.25, 0.3) is 10.1 Å². The second-order valence-electron chi connectivity index (χ2n) is 5.26. The monoisotopic (exact) mass is 475 g/mol. The zero-order valence-electron chi connectivity index (χ0n) is 14.0. The van der Waals surface area contributed by atoms with Crippen LogP contribution in [0.2, 0.25) is 0 Å². The molecule has 0 amide bonds. The van der Waals surface area contributed by atoms with Crippen molar-refractivity contribution < 1.29 is 31.3 Å². The Labute approximate surface area is 166 Å². The minimum absolute atomic E-state index is 0.0182. The molecule has 14 heteroatoms. The summed E-state index contributed by atoms with van der Waals surface area (Å²) in [5, 5.41) is 13.9. The summed E-state index contributed by atoms with van der Waals surface area (Å²) in [7, 11) is -3.59. The SMILES string of the molecule is CS(=O)(=O)OCCNc1nonc1C1=NOC(=C=O)N1c1ccc(F)c(Br)c1. The first-order chi connectivity index (χ1) is 13.3. The van der Waals surface area contributed by atoms with Gasteiger partial charge in [0.2, 0.25) is 11.7 Å². The van der Waals surface area contributed by atoms with Crippen molar-refractivity contribution in [3.05, 3.63) is 40.1 Å². The Morgan fingerprint density at radius 2 is 2.18 bits per heavy atom. The quantitative estimate of drug-likeness (QED) is 0.353. The molecule has 1 aromatic heterocycles. The van der Waals surface area contributed by atoms with Crippen LogP contribution in [0.25, 0.3) is 0 Å². The third kappa shape index (κ3) is 4.36. The van der Waals surface area contributed by atoms with Crippen LogP contribution in [0.3, 0.4) is 0 Å². The summed E-state index contributed by atoms with van der Waals surface area (Å²) in [6, 6.07) is 3.97. The molecule has 0 saturated heterocycles. The summed E-state index contributed by atoms with van der Waals surface area (Å²) in [4.78, 5) is 17.4. The second kappa shape index (κ2) is 8.06. The van der Waals surface area contributed by atoms with Gasteiger partial charge in [-0.25, -0.2) is 18.7 Å². The highest BCUT2D eigenvalue weighted by Gasteiger charge is 2.34. The number of halogens is 2. The molecule has 1 aromatic carbocycles. The first-order valence-electron chi connectivity index (χ1n) is 7.46. The Bertz CT molecular complexity index is 1080. The first kappa shape index (κ1) is 19.9. The van der Waals surface area contributed by atoms with Gasteiger partial charge in [-0.2, -0.15) is 8.42 Å². The van der Waals surface area contributed by atoms with Crippen LogP contribution in [0.1, 0.15) is 5.69 Å². The molecule has 11 nitrogen and oxygen atoms in total. The summed E-state index contributed by atoms with van der Waals surface area (Å²) >= 11 is 3.06. The van der Waals surface area contributed by atoms with Gasteiger partial charge in [0.15, 0.2) is 11.6 Å². The largest absolute Gasteiger partial charge is 0.363 e. The molecule has 0 aliphatic carbocycles. The van der Waals surface area contributed by atoms with E-state index in [1.807, 2.05) is 0 Å². The van der Waals surface area contributed by atoms with Gasteiger partial charge in [0.05, 0.1) is 23.0 Å². The standard InChI is InChI=1S/C14H11BrFN5O6S/c1-28(23,24)25-5-4-17-13-12(18-27-19-13)14-20-26-11(7-22)21(14)8-2-3-10(16)9(15)6-8/h2-3,6H,4-5H2,1H3,(H,17,19). The number of hydrogen-bond acceptors (Lipinski definition) is 11. The van der Waals surface area contributed by atoms with Crippen molar-refractivity contribution in [1.82, 2.24) is 10.3 Å². The lowest BCUT2D eigenvalue weighted by molar-refractivity contribution is 0.248. The van der Waals surface area contributed by atoms with E-state index in [0.717, 1.165) is 6.26 Å². The molecular formula is C14H11BrFN5O6S. The Hall–Kier alpha value is -2.80. The fourth-order valence-corrected chi connectivity index (χ4v) is 2.91. The number of oxime groups is 1. The molecule has 28 heavy (non-hydrogen) atoms. The Morgan fingerprint density at radius 1 is 1.39 bits per heavy atom. The number of nitrogens with zero attached hydrogens (tertiary/aromatic N) is 4. The van der Waals surface area contributed by atoms with E-state index in [2.05, 4.69) is 40.9 Å². The average Bonchev–Trinajstić information content (AvgIpc) is 3.26. The van der Waals surface area contributed by atoms with Crippen molar-refractivity contribution in [1.29, 1.82) is 0 Å². The third-order valence-electron chi connectivity index (χ3n) is 3.27. The van der Waals surface area contributed by atoms with Gasteiger partial charge < -0.3 is 10.2 Å². The molecule has 2 heterocycles. The molecule has 3 rings (SSSR count). The molecule has 0 saturated carbocycles. The molecule has 1 aliphatic heterocycles. The number of aromatic nitrogens is 2. The highest BCUT2D eigenvalue weighted by Crippen LogP contribution is 2.31. The minimum atomic E-state index is -3.59. The summed E-state index contributed by atoms with van der Waals surface area (Å²) in [6.07, 6.45) is 0.923. The summed E-state index contributed by atoms with van der Waals surface area (Å²) in [5.74, 6) is 0.894. The second-order valence-corrected chi connectivity index (χ2v) is 7.76. The smallest absolute Gasteiger partial charge is 0.320 e. The van der Waals surface area contributed by atoms with Crippen molar-refractivity contribution in [2.45, 2.75) is 0 Å². The normalized spacial score (nSPS) is 13.9. The van der Waals surface area contributed by atoms with Crippen LogP contribution in [-0.4, -0.2) is 49.9 Å². The van der Waals surface area contributed by atoms with Gasteiger partial charge in [-0.3, -0.25) is 4.18 Å². The molecular weight excluding hydrogens is 465 g/mol. The number of amidine groups is 1. The molecule has 0 atom stereocenters. The van der Waals surface area contributed by atoms with Crippen LogP contribution >= 0.6 is 15.9 Å². The van der Waals surface area contributed by atoms with Gasteiger partial charge >= 0.3 is 5.88 Å². The topological polar surface area (TPSA) is 136 Å². The maximum atomic E-state index is 13.5. The molecule has 0 unspecified atom stereocenters. The molecule has 1 aliphatic rings. The van der Waals surface area contributed by atoms with E-state index in [-0.39, 0.29) is 40.9 Å². The molecule has 0 fully saturated rings. The number of nitrogens with one attached hydrogen (secondary N) is 1. The first-order valence-corrected chi connectivity index (χ1v) is 10.1. The summed E-state index contributed by atoms with van der Waals surface area (Å²) in [5.41, 5.74) is 0.391. The predicted octanol–water partition coefficient (Wildman–Crippen LogP) is 1.23. The fraction of sp³-hybridized carbons (Fsp3) is 0.214. The molecule has 0 radical (unpaired) electrons. The van der Waals surface area contributed by atoms with Crippen LogP contribution in [0.4, 0.5) is 15.9 Å². The maximum absolute atomic E-state index is 13.5. The van der Waals surface area contributed by atoms with E-state index in [1.54, 1.807) is 5.94 Å². The van der Waals surface area contributed by atoms with E-state index in [9.17, 15) is 17.6 Å². The van der Waals surface area contributed by atoms with Gasteiger partial charge in [-0.15, -0.1) is 0 Å². The van der Waals surface area contributed by atoms with Crippen LogP contribution in [-0.2, 0) is 23.9 Å². The number of hydrogen-bond donors (Lipinski definition) is 1.